The molecule has 0 aromatic rings. The van der Waals surface area contributed by atoms with Gasteiger partial charge in [-0.1, -0.05) is 26.2 Å². The van der Waals surface area contributed by atoms with E-state index in [1.807, 2.05) is 0 Å². The molecule has 4 unspecified atom stereocenters. The van der Waals surface area contributed by atoms with E-state index in [1.165, 1.54) is 6.42 Å². The summed E-state index contributed by atoms with van der Waals surface area (Å²) in [6.07, 6.45) is 6.99. The van der Waals surface area contributed by atoms with E-state index in [0.717, 1.165) is 57.6 Å². The molecule has 0 aromatic heterocycles. The second kappa shape index (κ2) is 7.45. The number of nitrogens with zero attached hydrogens (tertiary/aromatic N) is 1. The van der Waals surface area contributed by atoms with Gasteiger partial charge in [-0.05, 0) is 25.7 Å². The van der Waals surface area contributed by atoms with Crippen molar-refractivity contribution in [3.63, 3.8) is 0 Å². The van der Waals surface area contributed by atoms with Gasteiger partial charge in [0.05, 0.1) is 12.2 Å². The van der Waals surface area contributed by atoms with Gasteiger partial charge < -0.3 is 20.8 Å². The second-order valence-electron chi connectivity index (χ2n) is 6.98. The van der Waals surface area contributed by atoms with Crippen molar-refractivity contribution >= 4 is 5.96 Å². The highest BCUT2D eigenvalue weighted by molar-refractivity contribution is 5.79. The molecule has 0 bridgehead atoms. The predicted octanol–water partition coefficient (Wildman–Crippen LogP) is 1.25. The minimum absolute atomic E-state index is 0.0667. The van der Waals surface area contributed by atoms with Crippen LogP contribution in [0.4, 0.5) is 0 Å². The van der Waals surface area contributed by atoms with Crippen LogP contribution in [0.2, 0.25) is 0 Å². The van der Waals surface area contributed by atoms with Gasteiger partial charge in [0, 0.05) is 31.5 Å². The third-order valence-corrected chi connectivity index (χ3v) is 5.31. The summed E-state index contributed by atoms with van der Waals surface area (Å²) >= 11 is 0. The minimum Gasteiger partial charge on any atom is -0.393 e. The highest BCUT2D eigenvalue weighted by Crippen LogP contribution is 2.35. The van der Waals surface area contributed by atoms with Gasteiger partial charge in [0.25, 0.3) is 0 Å². The van der Waals surface area contributed by atoms with Crippen molar-refractivity contribution in [3.05, 3.63) is 0 Å². The van der Waals surface area contributed by atoms with Crippen LogP contribution in [0.5, 0.6) is 0 Å². The monoisotopic (exact) mass is 297 g/mol. The summed E-state index contributed by atoms with van der Waals surface area (Å²) in [6.45, 7) is 3.65. The van der Waals surface area contributed by atoms with E-state index in [4.69, 9.17) is 0 Å². The zero-order chi connectivity index (χ0) is 15.3. The third-order valence-electron chi connectivity index (χ3n) is 5.31. The number of guanidine groups is 1. The zero-order valence-corrected chi connectivity index (χ0v) is 13.4. The lowest BCUT2D eigenvalue weighted by Crippen LogP contribution is -2.49. The number of aliphatic imine (C=N–C) groups is 1. The molecule has 0 heterocycles. The van der Waals surface area contributed by atoms with E-state index in [0.29, 0.717) is 5.92 Å². The van der Waals surface area contributed by atoms with Crippen LogP contribution >= 0.6 is 0 Å². The quantitative estimate of drug-likeness (QED) is 0.465. The van der Waals surface area contributed by atoms with Gasteiger partial charge in [0.15, 0.2) is 5.96 Å². The van der Waals surface area contributed by atoms with Crippen LogP contribution in [0.15, 0.2) is 4.99 Å². The fourth-order valence-electron chi connectivity index (χ4n) is 3.58. The molecule has 4 N–H and O–H groups in total. The molecule has 4 atom stereocenters. The van der Waals surface area contributed by atoms with Gasteiger partial charge in [-0.3, -0.25) is 4.99 Å². The van der Waals surface area contributed by atoms with Crippen molar-refractivity contribution in [2.75, 3.05) is 20.1 Å². The molecule has 5 nitrogen and oxygen atoms in total. The van der Waals surface area contributed by atoms with Crippen molar-refractivity contribution < 1.29 is 10.2 Å². The van der Waals surface area contributed by atoms with Crippen LogP contribution < -0.4 is 10.6 Å². The number of nitrogens with one attached hydrogen (secondary N) is 2. The highest BCUT2D eigenvalue weighted by Gasteiger charge is 2.35. The van der Waals surface area contributed by atoms with E-state index >= 15 is 0 Å². The fourth-order valence-corrected chi connectivity index (χ4v) is 3.58. The number of hydrogen-bond donors (Lipinski definition) is 4. The molecular weight excluding hydrogens is 266 g/mol. The SMILES string of the molecule is CN=C(NCC1CCCC1O)NCC1(C)CCCCC1O. The van der Waals surface area contributed by atoms with Crippen LogP contribution in [0, 0.1) is 11.3 Å². The summed E-state index contributed by atoms with van der Waals surface area (Å²) in [5.41, 5.74) is -0.0667. The first-order chi connectivity index (χ1) is 10.0. The van der Waals surface area contributed by atoms with Crippen LogP contribution in [0.25, 0.3) is 0 Å². The maximum atomic E-state index is 10.2. The maximum Gasteiger partial charge on any atom is 0.191 e. The largest absolute Gasteiger partial charge is 0.393 e. The summed E-state index contributed by atoms with van der Waals surface area (Å²) in [4.78, 5) is 4.25. The van der Waals surface area contributed by atoms with Gasteiger partial charge in [0.2, 0.25) is 0 Å². The summed E-state index contributed by atoms with van der Waals surface area (Å²) in [7, 11) is 1.76. The summed E-state index contributed by atoms with van der Waals surface area (Å²) in [6, 6.07) is 0. The standard InChI is InChI=1S/C16H31N3O2/c1-16(9-4-3-8-14(16)21)11-19-15(17-2)18-10-12-6-5-7-13(12)20/h12-14,20-21H,3-11H2,1-2H3,(H2,17,18,19). The van der Waals surface area contributed by atoms with Crippen molar-refractivity contribution in [1.82, 2.24) is 10.6 Å². The third kappa shape index (κ3) is 4.33. The highest BCUT2D eigenvalue weighted by atomic mass is 16.3. The summed E-state index contributed by atoms with van der Waals surface area (Å²) < 4.78 is 0. The molecule has 122 valence electrons. The molecule has 0 aliphatic heterocycles. The molecular formula is C16H31N3O2. The van der Waals surface area contributed by atoms with Crippen molar-refractivity contribution in [2.24, 2.45) is 16.3 Å². The molecule has 21 heavy (non-hydrogen) atoms. The van der Waals surface area contributed by atoms with Crippen LogP contribution in [0.3, 0.4) is 0 Å². The second-order valence-corrected chi connectivity index (χ2v) is 6.98. The molecule has 0 saturated heterocycles. The Balaban J connectivity index is 1.77. The van der Waals surface area contributed by atoms with E-state index in [1.54, 1.807) is 7.05 Å². The Morgan fingerprint density at radius 2 is 1.95 bits per heavy atom. The molecule has 2 saturated carbocycles. The number of rotatable bonds is 4. The Bertz CT molecular complexity index is 361. The van der Waals surface area contributed by atoms with E-state index in [-0.39, 0.29) is 17.6 Å². The Hall–Kier alpha value is -0.810. The molecule has 0 spiro atoms. The lowest BCUT2D eigenvalue weighted by atomic mass is 9.73. The molecule has 2 aliphatic rings. The summed E-state index contributed by atoms with van der Waals surface area (Å²) in [5.74, 6) is 1.10. The van der Waals surface area contributed by atoms with Crippen molar-refractivity contribution in [1.29, 1.82) is 0 Å². The van der Waals surface area contributed by atoms with Crippen LogP contribution in [-0.2, 0) is 0 Å². The zero-order valence-electron chi connectivity index (χ0n) is 13.4. The van der Waals surface area contributed by atoms with Crippen molar-refractivity contribution in [2.45, 2.75) is 64.1 Å². The Kier molecular flexibility index (Phi) is 5.88. The maximum absolute atomic E-state index is 10.2. The predicted molar refractivity (Wildman–Crippen MR) is 85.3 cm³/mol. The van der Waals surface area contributed by atoms with Gasteiger partial charge in [-0.15, -0.1) is 0 Å². The topological polar surface area (TPSA) is 76.9 Å². The first-order valence-electron chi connectivity index (χ1n) is 8.36. The van der Waals surface area contributed by atoms with E-state index < -0.39 is 0 Å². The molecule has 0 amide bonds. The van der Waals surface area contributed by atoms with Crippen LogP contribution in [-0.4, -0.2) is 48.5 Å². The summed E-state index contributed by atoms with van der Waals surface area (Å²) in [5, 5.41) is 26.7. The first-order valence-corrected chi connectivity index (χ1v) is 8.36. The van der Waals surface area contributed by atoms with Gasteiger partial charge in [-0.2, -0.15) is 0 Å². The molecule has 2 aliphatic carbocycles. The molecule has 5 heteroatoms. The van der Waals surface area contributed by atoms with Crippen LogP contribution in [0.1, 0.15) is 51.9 Å². The number of aliphatic hydroxyl groups excluding tert-OH is 2. The average molecular weight is 297 g/mol. The average Bonchev–Trinajstić information content (AvgIpc) is 2.88. The molecule has 2 rings (SSSR count). The minimum atomic E-state index is -0.228. The first kappa shape index (κ1) is 16.6. The fraction of sp³-hybridized carbons (Fsp3) is 0.938. The van der Waals surface area contributed by atoms with Crippen molar-refractivity contribution in [3.8, 4) is 0 Å². The van der Waals surface area contributed by atoms with E-state index in [2.05, 4.69) is 22.5 Å². The Labute approximate surface area is 128 Å². The van der Waals surface area contributed by atoms with Gasteiger partial charge in [-0.25, -0.2) is 0 Å². The Morgan fingerprint density at radius 3 is 2.57 bits per heavy atom. The molecule has 0 aromatic carbocycles. The van der Waals surface area contributed by atoms with Gasteiger partial charge in [0.1, 0.15) is 0 Å². The molecule has 2 fully saturated rings. The number of hydrogen-bond acceptors (Lipinski definition) is 3. The lowest BCUT2D eigenvalue weighted by molar-refractivity contribution is 0.00396. The lowest BCUT2D eigenvalue weighted by Gasteiger charge is -2.38. The van der Waals surface area contributed by atoms with Gasteiger partial charge >= 0.3 is 0 Å². The Morgan fingerprint density at radius 1 is 1.14 bits per heavy atom. The number of aliphatic hydroxyl groups is 2. The molecule has 0 radical (unpaired) electrons. The smallest absolute Gasteiger partial charge is 0.191 e. The normalized spacial score (nSPS) is 37.5. The van der Waals surface area contributed by atoms with E-state index in [9.17, 15) is 10.2 Å².